The van der Waals surface area contributed by atoms with Crippen molar-refractivity contribution in [1.29, 1.82) is 0 Å². The minimum absolute atomic E-state index is 0.0127. The molecule has 0 amide bonds. The van der Waals surface area contributed by atoms with Gasteiger partial charge in [0.2, 0.25) is 10.0 Å². The molecule has 1 atom stereocenters. The number of rotatable bonds is 4. The number of hydrogen-bond donors (Lipinski definition) is 2. The Balaban J connectivity index is 2.29. The van der Waals surface area contributed by atoms with Gasteiger partial charge in [-0.1, -0.05) is 17.7 Å². The summed E-state index contributed by atoms with van der Waals surface area (Å²) in [4.78, 5) is -0.0127. The van der Waals surface area contributed by atoms with Crippen molar-refractivity contribution in [2.24, 2.45) is 5.92 Å². The number of hydrogen-bond acceptors (Lipinski definition) is 4. The summed E-state index contributed by atoms with van der Waals surface area (Å²) < 4.78 is 26.4. The quantitative estimate of drug-likeness (QED) is 0.822. The summed E-state index contributed by atoms with van der Waals surface area (Å²) >= 11 is 5.96. The lowest BCUT2D eigenvalue weighted by Crippen LogP contribution is -2.29. The molecular formula is C12H17ClN2O3S. The first-order valence-corrected chi connectivity index (χ1v) is 7.93. The lowest BCUT2D eigenvalue weighted by molar-refractivity contribution is 0.259. The minimum atomic E-state index is -3.66. The second-order valence-corrected chi connectivity index (χ2v) is 6.97. The highest BCUT2D eigenvalue weighted by molar-refractivity contribution is 7.89. The Morgan fingerprint density at radius 1 is 1.47 bits per heavy atom. The van der Waals surface area contributed by atoms with Crippen molar-refractivity contribution >= 4 is 27.3 Å². The number of halogens is 1. The molecule has 1 aromatic rings. The van der Waals surface area contributed by atoms with Crippen LogP contribution in [0.5, 0.6) is 0 Å². The second kappa shape index (κ2) is 5.66. The van der Waals surface area contributed by atoms with Crippen LogP contribution < -0.4 is 5.73 Å². The number of sulfonamides is 1. The Kier molecular flexibility index (Phi) is 4.35. The van der Waals surface area contributed by atoms with Crippen LogP contribution in [0.25, 0.3) is 0 Å². The van der Waals surface area contributed by atoms with Gasteiger partial charge in [0.05, 0.1) is 10.7 Å². The van der Waals surface area contributed by atoms with Crippen LogP contribution in [0, 0.1) is 5.92 Å². The maximum absolute atomic E-state index is 12.5. The summed E-state index contributed by atoms with van der Waals surface area (Å²) in [6.07, 6.45) is 1.37. The van der Waals surface area contributed by atoms with E-state index in [1.807, 2.05) is 0 Å². The largest absolute Gasteiger partial charge is 0.398 e. The van der Waals surface area contributed by atoms with Gasteiger partial charge in [0.15, 0.2) is 0 Å². The Morgan fingerprint density at radius 3 is 2.84 bits per heavy atom. The summed E-state index contributed by atoms with van der Waals surface area (Å²) in [5, 5.41) is 9.06. The Labute approximate surface area is 118 Å². The number of aliphatic hydroxyl groups is 1. The molecule has 1 saturated heterocycles. The Hall–Kier alpha value is -0.820. The zero-order valence-electron chi connectivity index (χ0n) is 10.4. The van der Waals surface area contributed by atoms with Crippen molar-refractivity contribution < 1.29 is 13.5 Å². The Bertz CT molecular complexity index is 542. The van der Waals surface area contributed by atoms with Gasteiger partial charge in [-0.3, -0.25) is 0 Å². The van der Waals surface area contributed by atoms with E-state index in [1.54, 1.807) is 6.07 Å². The normalized spacial score (nSPS) is 20.8. The summed E-state index contributed by atoms with van der Waals surface area (Å²) in [6, 6.07) is 4.67. The van der Waals surface area contributed by atoms with E-state index in [1.165, 1.54) is 16.4 Å². The van der Waals surface area contributed by atoms with Gasteiger partial charge in [-0.25, -0.2) is 8.42 Å². The average Bonchev–Trinajstić information content (AvgIpc) is 2.78. The molecule has 0 bridgehead atoms. The van der Waals surface area contributed by atoms with Crippen LogP contribution in [-0.4, -0.2) is 37.5 Å². The highest BCUT2D eigenvalue weighted by Crippen LogP contribution is 2.33. The maximum Gasteiger partial charge on any atom is 0.246 e. The fraction of sp³-hybridized carbons (Fsp3) is 0.500. The molecule has 1 unspecified atom stereocenters. The third kappa shape index (κ3) is 2.86. The number of anilines is 1. The van der Waals surface area contributed by atoms with Crippen molar-refractivity contribution in [2.75, 3.05) is 25.4 Å². The van der Waals surface area contributed by atoms with Gasteiger partial charge >= 0.3 is 0 Å². The summed E-state index contributed by atoms with van der Waals surface area (Å²) in [5.41, 5.74) is 5.90. The van der Waals surface area contributed by atoms with Gasteiger partial charge < -0.3 is 10.8 Å². The fourth-order valence-electron chi connectivity index (χ4n) is 2.36. The first kappa shape index (κ1) is 14.6. The Morgan fingerprint density at radius 2 is 2.21 bits per heavy atom. The SMILES string of the molecule is Nc1cccc(Cl)c1S(=O)(=O)N1CCC(CCO)C1. The number of aliphatic hydroxyl groups excluding tert-OH is 1. The average molecular weight is 305 g/mol. The van der Waals surface area contributed by atoms with E-state index in [4.69, 9.17) is 22.4 Å². The molecule has 1 aromatic carbocycles. The van der Waals surface area contributed by atoms with Gasteiger partial charge in [0.1, 0.15) is 4.90 Å². The zero-order chi connectivity index (χ0) is 14.0. The smallest absolute Gasteiger partial charge is 0.246 e. The van der Waals surface area contributed by atoms with E-state index in [0.29, 0.717) is 19.5 Å². The molecule has 106 valence electrons. The molecule has 3 N–H and O–H groups in total. The molecule has 0 aliphatic carbocycles. The second-order valence-electron chi connectivity index (χ2n) is 4.69. The molecule has 19 heavy (non-hydrogen) atoms. The summed E-state index contributed by atoms with van der Waals surface area (Å²) in [7, 11) is -3.66. The summed E-state index contributed by atoms with van der Waals surface area (Å²) in [6.45, 7) is 0.929. The van der Waals surface area contributed by atoms with Crippen LogP contribution in [0.4, 0.5) is 5.69 Å². The predicted molar refractivity (Wildman–Crippen MR) is 74.4 cm³/mol. The van der Waals surface area contributed by atoms with Gasteiger partial charge in [0.25, 0.3) is 0 Å². The molecule has 1 fully saturated rings. The highest BCUT2D eigenvalue weighted by Gasteiger charge is 2.34. The molecule has 0 spiro atoms. The number of benzene rings is 1. The van der Waals surface area contributed by atoms with Crippen LogP contribution in [0.3, 0.4) is 0 Å². The molecule has 2 rings (SSSR count). The van der Waals surface area contributed by atoms with Crippen molar-refractivity contribution in [2.45, 2.75) is 17.7 Å². The molecule has 7 heteroatoms. The van der Waals surface area contributed by atoms with Gasteiger partial charge in [-0.15, -0.1) is 0 Å². The minimum Gasteiger partial charge on any atom is -0.398 e. The molecular weight excluding hydrogens is 288 g/mol. The topological polar surface area (TPSA) is 83.6 Å². The van der Waals surface area contributed by atoms with Crippen LogP contribution in [0.2, 0.25) is 5.02 Å². The standard InChI is InChI=1S/C12H17ClN2O3S/c13-10-2-1-3-11(14)12(10)19(17,18)15-6-4-9(8-15)5-7-16/h1-3,9,16H,4-8,14H2. The fourth-order valence-corrected chi connectivity index (χ4v) is 4.53. The van der Waals surface area contributed by atoms with E-state index >= 15 is 0 Å². The lowest BCUT2D eigenvalue weighted by Gasteiger charge is -2.18. The van der Waals surface area contributed by atoms with Gasteiger partial charge in [-0.05, 0) is 30.9 Å². The van der Waals surface area contributed by atoms with Crippen LogP contribution >= 0.6 is 11.6 Å². The molecule has 0 radical (unpaired) electrons. The van der Waals surface area contributed by atoms with Crippen molar-refractivity contribution in [1.82, 2.24) is 4.31 Å². The predicted octanol–water partition coefficient (Wildman–Crippen LogP) is 1.32. The van der Waals surface area contributed by atoms with Crippen molar-refractivity contribution in [3.8, 4) is 0 Å². The van der Waals surface area contributed by atoms with Crippen LogP contribution in [0.15, 0.2) is 23.1 Å². The van der Waals surface area contributed by atoms with Gasteiger partial charge in [0, 0.05) is 19.7 Å². The van der Waals surface area contributed by atoms with E-state index in [-0.39, 0.29) is 28.1 Å². The highest BCUT2D eigenvalue weighted by atomic mass is 35.5. The van der Waals surface area contributed by atoms with E-state index in [2.05, 4.69) is 0 Å². The number of nitrogens with two attached hydrogens (primary N) is 1. The maximum atomic E-state index is 12.5. The lowest BCUT2D eigenvalue weighted by atomic mass is 10.1. The van der Waals surface area contributed by atoms with Gasteiger partial charge in [-0.2, -0.15) is 4.31 Å². The first-order chi connectivity index (χ1) is 8.96. The molecule has 1 aliphatic rings. The first-order valence-electron chi connectivity index (χ1n) is 6.12. The molecule has 1 heterocycles. The summed E-state index contributed by atoms with van der Waals surface area (Å²) in [5.74, 6) is 0.198. The molecule has 1 aliphatic heterocycles. The van der Waals surface area contributed by atoms with E-state index < -0.39 is 10.0 Å². The van der Waals surface area contributed by atoms with E-state index in [0.717, 1.165) is 6.42 Å². The number of nitrogen functional groups attached to an aromatic ring is 1. The van der Waals surface area contributed by atoms with Crippen LogP contribution in [0.1, 0.15) is 12.8 Å². The molecule has 0 aromatic heterocycles. The van der Waals surface area contributed by atoms with Crippen LogP contribution in [-0.2, 0) is 10.0 Å². The monoisotopic (exact) mass is 304 g/mol. The van der Waals surface area contributed by atoms with Crippen molar-refractivity contribution in [3.05, 3.63) is 23.2 Å². The third-order valence-electron chi connectivity index (χ3n) is 3.38. The zero-order valence-corrected chi connectivity index (χ0v) is 12.0. The number of nitrogens with zero attached hydrogens (tertiary/aromatic N) is 1. The molecule has 0 saturated carbocycles. The molecule has 5 nitrogen and oxygen atoms in total. The third-order valence-corrected chi connectivity index (χ3v) is 5.79. The van der Waals surface area contributed by atoms with Crippen molar-refractivity contribution in [3.63, 3.8) is 0 Å². The van der Waals surface area contributed by atoms with E-state index in [9.17, 15) is 8.42 Å².